The Morgan fingerprint density at radius 2 is 2.47 bits per heavy atom. The summed E-state index contributed by atoms with van der Waals surface area (Å²) in [5, 5.41) is 2.79. The summed E-state index contributed by atoms with van der Waals surface area (Å²) in [6.07, 6.45) is 1.45. The van der Waals surface area contributed by atoms with Crippen LogP contribution in [-0.2, 0) is 9.59 Å². The fraction of sp³-hybridized carbons (Fsp3) is 0.800. The van der Waals surface area contributed by atoms with Crippen LogP contribution in [0.3, 0.4) is 0 Å². The van der Waals surface area contributed by atoms with Crippen molar-refractivity contribution in [2.45, 2.75) is 37.6 Å². The molecule has 0 bridgehead atoms. The molecule has 0 aromatic carbocycles. The van der Waals surface area contributed by atoms with Crippen LogP contribution >= 0.6 is 11.8 Å². The highest BCUT2D eigenvalue weighted by Gasteiger charge is 2.52. The van der Waals surface area contributed by atoms with Crippen LogP contribution in [0.1, 0.15) is 26.7 Å². The molecule has 2 aliphatic rings. The van der Waals surface area contributed by atoms with E-state index in [4.69, 9.17) is 0 Å². The third-order valence-electron chi connectivity index (χ3n) is 3.10. The molecular weight excluding hydrogens is 212 g/mol. The van der Waals surface area contributed by atoms with E-state index < -0.39 is 0 Å². The molecule has 84 valence electrons. The number of carbonyl (C=O) groups excluding carboxylic acids is 2. The van der Waals surface area contributed by atoms with Gasteiger partial charge in [-0.15, -0.1) is 11.8 Å². The Morgan fingerprint density at radius 1 is 1.73 bits per heavy atom. The first-order valence-corrected chi connectivity index (χ1v) is 6.31. The molecule has 2 amide bonds. The van der Waals surface area contributed by atoms with E-state index in [0.29, 0.717) is 13.0 Å². The van der Waals surface area contributed by atoms with E-state index in [2.05, 4.69) is 12.2 Å². The van der Waals surface area contributed by atoms with E-state index in [0.717, 1.165) is 12.2 Å². The SMILES string of the molecule is CCNC(=O)[C@@H]1CS[C@]2(C)CCC(=O)N12. The second-order valence-electron chi connectivity index (χ2n) is 4.16. The Kier molecular flexibility index (Phi) is 2.66. The molecule has 0 spiro atoms. The van der Waals surface area contributed by atoms with E-state index in [9.17, 15) is 9.59 Å². The smallest absolute Gasteiger partial charge is 0.243 e. The van der Waals surface area contributed by atoms with Gasteiger partial charge in [0.1, 0.15) is 6.04 Å². The molecule has 1 N–H and O–H groups in total. The second-order valence-corrected chi connectivity index (χ2v) is 5.66. The lowest BCUT2D eigenvalue weighted by Crippen LogP contribution is -2.50. The summed E-state index contributed by atoms with van der Waals surface area (Å²) in [4.78, 5) is 25.1. The molecule has 15 heavy (non-hydrogen) atoms. The molecule has 0 aromatic heterocycles. The van der Waals surface area contributed by atoms with Crippen molar-refractivity contribution in [3.05, 3.63) is 0 Å². The molecule has 0 radical (unpaired) electrons. The van der Waals surface area contributed by atoms with E-state index in [1.54, 1.807) is 16.7 Å². The Bertz CT molecular complexity index is 308. The van der Waals surface area contributed by atoms with Crippen molar-refractivity contribution >= 4 is 23.6 Å². The number of hydrogen-bond acceptors (Lipinski definition) is 3. The molecule has 2 atom stereocenters. The van der Waals surface area contributed by atoms with Crippen LogP contribution in [0.25, 0.3) is 0 Å². The van der Waals surface area contributed by atoms with E-state index >= 15 is 0 Å². The van der Waals surface area contributed by atoms with Crippen LogP contribution in [0.2, 0.25) is 0 Å². The summed E-state index contributed by atoms with van der Waals surface area (Å²) in [5.41, 5.74) is 0. The number of nitrogens with one attached hydrogen (secondary N) is 1. The Morgan fingerprint density at radius 3 is 3.13 bits per heavy atom. The standard InChI is InChI=1S/C10H16N2O2S/c1-3-11-9(14)7-6-15-10(2)5-4-8(13)12(7)10/h7H,3-6H2,1-2H3,(H,11,14)/t7-,10+/m0/s1. The van der Waals surface area contributed by atoms with Gasteiger partial charge in [-0.05, 0) is 20.3 Å². The molecule has 0 saturated carbocycles. The zero-order valence-electron chi connectivity index (χ0n) is 9.08. The Balaban J connectivity index is 2.16. The highest BCUT2D eigenvalue weighted by Crippen LogP contribution is 2.47. The van der Waals surface area contributed by atoms with Gasteiger partial charge in [0.15, 0.2) is 0 Å². The zero-order valence-corrected chi connectivity index (χ0v) is 9.89. The zero-order chi connectivity index (χ0) is 11.1. The lowest BCUT2D eigenvalue weighted by molar-refractivity contribution is -0.137. The maximum Gasteiger partial charge on any atom is 0.243 e. The maximum atomic E-state index is 11.8. The summed E-state index contributed by atoms with van der Waals surface area (Å²) in [5.74, 6) is 0.844. The normalized spacial score (nSPS) is 34.4. The number of nitrogens with zero attached hydrogens (tertiary/aromatic N) is 1. The number of rotatable bonds is 2. The molecular formula is C10H16N2O2S. The molecule has 2 aliphatic heterocycles. The summed E-state index contributed by atoms with van der Waals surface area (Å²) >= 11 is 1.73. The average Bonchev–Trinajstić information content (AvgIpc) is 2.66. The van der Waals surface area contributed by atoms with Gasteiger partial charge < -0.3 is 10.2 Å². The van der Waals surface area contributed by atoms with Gasteiger partial charge in [-0.2, -0.15) is 0 Å². The van der Waals surface area contributed by atoms with Crippen LogP contribution in [0.15, 0.2) is 0 Å². The van der Waals surface area contributed by atoms with Gasteiger partial charge in [0, 0.05) is 18.7 Å². The van der Waals surface area contributed by atoms with Gasteiger partial charge in [-0.3, -0.25) is 9.59 Å². The molecule has 2 heterocycles. The monoisotopic (exact) mass is 228 g/mol. The van der Waals surface area contributed by atoms with Crippen molar-refractivity contribution in [1.29, 1.82) is 0 Å². The topological polar surface area (TPSA) is 49.4 Å². The van der Waals surface area contributed by atoms with Crippen LogP contribution in [0, 0.1) is 0 Å². The van der Waals surface area contributed by atoms with E-state index in [1.807, 2.05) is 6.92 Å². The van der Waals surface area contributed by atoms with Gasteiger partial charge in [-0.1, -0.05) is 0 Å². The number of thioether (sulfide) groups is 1. The predicted molar refractivity (Wildman–Crippen MR) is 59.4 cm³/mol. The quantitative estimate of drug-likeness (QED) is 0.752. The molecule has 2 rings (SSSR count). The first-order valence-electron chi connectivity index (χ1n) is 5.32. The van der Waals surface area contributed by atoms with E-state index in [-0.39, 0.29) is 22.7 Å². The number of fused-ring (bicyclic) bond motifs is 1. The largest absolute Gasteiger partial charge is 0.355 e. The molecule has 4 nitrogen and oxygen atoms in total. The van der Waals surface area contributed by atoms with Gasteiger partial charge in [0.05, 0.1) is 4.87 Å². The summed E-state index contributed by atoms with van der Waals surface area (Å²) in [6.45, 7) is 4.57. The van der Waals surface area contributed by atoms with Crippen molar-refractivity contribution in [3.63, 3.8) is 0 Å². The molecule has 0 aliphatic carbocycles. The highest BCUT2D eigenvalue weighted by atomic mass is 32.2. The van der Waals surface area contributed by atoms with Crippen LogP contribution < -0.4 is 5.32 Å². The minimum atomic E-state index is -0.255. The van der Waals surface area contributed by atoms with E-state index in [1.165, 1.54) is 0 Å². The van der Waals surface area contributed by atoms with Crippen molar-refractivity contribution in [2.24, 2.45) is 0 Å². The molecule has 0 unspecified atom stereocenters. The number of hydrogen-bond donors (Lipinski definition) is 1. The summed E-state index contributed by atoms with van der Waals surface area (Å²) in [6, 6.07) is -0.255. The average molecular weight is 228 g/mol. The fourth-order valence-electron chi connectivity index (χ4n) is 2.31. The minimum absolute atomic E-state index is 0.0102. The lowest BCUT2D eigenvalue weighted by atomic mass is 10.2. The lowest BCUT2D eigenvalue weighted by Gasteiger charge is -2.29. The van der Waals surface area contributed by atoms with Gasteiger partial charge in [0.25, 0.3) is 0 Å². The second kappa shape index (κ2) is 3.70. The molecule has 0 aromatic rings. The molecule has 2 saturated heterocycles. The summed E-state index contributed by atoms with van der Waals surface area (Å²) < 4.78 is 0. The summed E-state index contributed by atoms with van der Waals surface area (Å²) in [7, 11) is 0. The first-order chi connectivity index (χ1) is 7.08. The van der Waals surface area contributed by atoms with Crippen molar-refractivity contribution < 1.29 is 9.59 Å². The maximum absolute atomic E-state index is 11.8. The number of likely N-dealkylation sites (N-methyl/N-ethyl adjacent to an activating group) is 1. The Labute approximate surface area is 93.8 Å². The third kappa shape index (κ3) is 1.62. The third-order valence-corrected chi connectivity index (χ3v) is 4.60. The number of amides is 2. The minimum Gasteiger partial charge on any atom is -0.355 e. The van der Waals surface area contributed by atoms with Crippen LogP contribution in [0.5, 0.6) is 0 Å². The predicted octanol–water partition coefficient (Wildman–Crippen LogP) is 0.576. The van der Waals surface area contributed by atoms with Gasteiger partial charge >= 0.3 is 0 Å². The van der Waals surface area contributed by atoms with Crippen LogP contribution in [-0.4, -0.2) is 39.9 Å². The van der Waals surface area contributed by atoms with Crippen LogP contribution in [0.4, 0.5) is 0 Å². The molecule has 2 fully saturated rings. The first kappa shape index (κ1) is 10.8. The van der Waals surface area contributed by atoms with Crippen molar-refractivity contribution in [2.75, 3.05) is 12.3 Å². The van der Waals surface area contributed by atoms with Gasteiger partial charge in [-0.25, -0.2) is 0 Å². The molecule has 5 heteroatoms. The Hall–Kier alpha value is -0.710. The fourth-order valence-corrected chi connectivity index (χ4v) is 3.74. The highest BCUT2D eigenvalue weighted by molar-refractivity contribution is 8.01. The van der Waals surface area contributed by atoms with Crippen molar-refractivity contribution in [1.82, 2.24) is 10.2 Å². The number of carbonyl (C=O) groups is 2. The van der Waals surface area contributed by atoms with Gasteiger partial charge in [0.2, 0.25) is 11.8 Å². The van der Waals surface area contributed by atoms with Crippen molar-refractivity contribution in [3.8, 4) is 0 Å².